The summed E-state index contributed by atoms with van der Waals surface area (Å²) in [6.07, 6.45) is 2.19. The number of hydrogen-bond donors (Lipinski definition) is 2. The Balaban J connectivity index is 1.91. The smallest absolute Gasteiger partial charge is 0.328 e. The highest BCUT2D eigenvalue weighted by Crippen LogP contribution is 2.37. The number of ether oxygens (including phenoxy) is 3. The maximum atomic E-state index is 13.1. The third kappa shape index (κ3) is 5.47. The van der Waals surface area contributed by atoms with Crippen LogP contribution in [-0.4, -0.2) is 60.0 Å². The number of anilines is 2. The Kier molecular flexibility index (Phi) is 7.03. The van der Waals surface area contributed by atoms with Crippen LogP contribution in [0.1, 0.15) is 5.56 Å². The second-order valence-corrected chi connectivity index (χ2v) is 8.33. The molecule has 2 aromatic carbocycles. The zero-order chi connectivity index (χ0) is 22.4. The fourth-order valence-corrected chi connectivity index (χ4v) is 4.46. The van der Waals surface area contributed by atoms with Gasteiger partial charge in [-0.05, 0) is 48.0 Å². The molecule has 0 aliphatic carbocycles. The van der Waals surface area contributed by atoms with Gasteiger partial charge in [0.1, 0.15) is 4.90 Å². The van der Waals surface area contributed by atoms with Gasteiger partial charge in [-0.25, -0.2) is 13.2 Å². The van der Waals surface area contributed by atoms with Crippen LogP contribution in [0.3, 0.4) is 0 Å². The van der Waals surface area contributed by atoms with Crippen LogP contribution < -0.4 is 19.1 Å². The van der Waals surface area contributed by atoms with Crippen molar-refractivity contribution in [2.45, 2.75) is 4.90 Å². The van der Waals surface area contributed by atoms with Gasteiger partial charge in [0, 0.05) is 30.5 Å². The predicted octanol–water partition coefficient (Wildman–Crippen LogP) is 2.44. The molecule has 9 nitrogen and oxygen atoms in total. The zero-order valence-corrected chi connectivity index (χ0v) is 18.0. The Bertz CT molecular complexity index is 1060. The van der Waals surface area contributed by atoms with E-state index in [-0.39, 0.29) is 16.4 Å². The molecule has 0 spiro atoms. The van der Waals surface area contributed by atoms with E-state index in [1.807, 2.05) is 12.1 Å². The Labute approximate surface area is 180 Å². The van der Waals surface area contributed by atoms with E-state index < -0.39 is 16.0 Å². The summed E-state index contributed by atoms with van der Waals surface area (Å²) >= 11 is 0. The normalized spacial score (nSPS) is 14.5. The molecular weight excluding hydrogens is 424 g/mol. The monoisotopic (exact) mass is 448 g/mol. The quantitative estimate of drug-likeness (QED) is 0.592. The summed E-state index contributed by atoms with van der Waals surface area (Å²) in [6.45, 7) is 2.86. The minimum absolute atomic E-state index is 0.0208. The molecule has 3 rings (SSSR count). The van der Waals surface area contributed by atoms with E-state index in [9.17, 15) is 13.2 Å². The number of carboxylic acids is 1. The average molecular weight is 448 g/mol. The van der Waals surface area contributed by atoms with Crippen molar-refractivity contribution in [2.75, 3.05) is 50.1 Å². The molecule has 31 heavy (non-hydrogen) atoms. The third-order valence-corrected chi connectivity index (χ3v) is 6.06. The van der Waals surface area contributed by atoms with Gasteiger partial charge in [-0.2, -0.15) is 0 Å². The van der Waals surface area contributed by atoms with Crippen molar-refractivity contribution in [3.63, 3.8) is 0 Å². The number of aliphatic carboxylic acids is 1. The Morgan fingerprint density at radius 2 is 1.81 bits per heavy atom. The zero-order valence-electron chi connectivity index (χ0n) is 17.2. The number of sulfonamides is 1. The first-order valence-corrected chi connectivity index (χ1v) is 10.9. The van der Waals surface area contributed by atoms with Gasteiger partial charge in [0.05, 0.1) is 27.4 Å². The van der Waals surface area contributed by atoms with Gasteiger partial charge in [0.2, 0.25) is 0 Å². The largest absolute Gasteiger partial charge is 0.493 e. The molecule has 1 saturated heterocycles. The maximum absolute atomic E-state index is 13.1. The molecule has 10 heteroatoms. The van der Waals surface area contributed by atoms with Crippen LogP contribution in [0, 0.1) is 0 Å². The molecule has 1 aliphatic heterocycles. The second-order valence-electron chi connectivity index (χ2n) is 6.68. The minimum atomic E-state index is -4.06. The lowest BCUT2D eigenvalue weighted by Crippen LogP contribution is -2.36. The van der Waals surface area contributed by atoms with Crippen LogP contribution >= 0.6 is 0 Å². The van der Waals surface area contributed by atoms with Crippen LogP contribution in [0.2, 0.25) is 0 Å². The third-order valence-electron chi connectivity index (χ3n) is 4.67. The first-order valence-electron chi connectivity index (χ1n) is 9.46. The number of methoxy groups -OCH3 is 2. The van der Waals surface area contributed by atoms with E-state index in [1.165, 1.54) is 32.4 Å². The minimum Gasteiger partial charge on any atom is -0.493 e. The van der Waals surface area contributed by atoms with Crippen molar-refractivity contribution in [2.24, 2.45) is 0 Å². The molecule has 0 unspecified atom stereocenters. The molecule has 0 amide bonds. The van der Waals surface area contributed by atoms with E-state index in [0.29, 0.717) is 24.5 Å². The van der Waals surface area contributed by atoms with Gasteiger partial charge in [0.25, 0.3) is 10.0 Å². The number of morpholine rings is 1. The molecule has 0 aromatic heterocycles. The number of carbonyl (C=O) groups is 1. The molecule has 0 radical (unpaired) electrons. The summed E-state index contributed by atoms with van der Waals surface area (Å²) in [5, 5.41) is 8.86. The molecule has 1 heterocycles. The molecular formula is C21H24N2O7S. The Hall–Kier alpha value is -3.24. The summed E-state index contributed by atoms with van der Waals surface area (Å²) in [6, 6.07) is 9.86. The van der Waals surface area contributed by atoms with Gasteiger partial charge < -0.3 is 24.2 Å². The fourth-order valence-electron chi connectivity index (χ4n) is 3.19. The van der Waals surface area contributed by atoms with Crippen molar-refractivity contribution in [3.05, 3.63) is 48.0 Å². The number of hydrogen-bond acceptors (Lipinski definition) is 7. The Morgan fingerprint density at radius 1 is 1.13 bits per heavy atom. The van der Waals surface area contributed by atoms with Crippen LogP contribution in [0.15, 0.2) is 47.4 Å². The molecule has 0 bridgehead atoms. The van der Waals surface area contributed by atoms with Gasteiger partial charge in [0.15, 0.2) is 11.5 Å². The maximum Gasteiger partial charge on any atom is 0.328 e. The first kappa shape index (κ1) is 22.4. The standard InChI is InChI=1S/C21H24N2O7S/c1-28-18-13-15(3-8-20(24)25)14-19(21(18)29-2)31(26,27)22-16-4-6-17(7-5-16)23-9-11-30-12-10-23/h3-8,13-14,22H,9-12H2,1-2H3,(H,24,25)/b8-3+. The number of nitrogens with zero attached hydrogens (tertiary/aromatic N) is 1. The van der Waals surface area contributed by atoms with Crippen LogP contribution in [-0.2, 0) is 19.6 Å². The van der Waals surface area contributed by atoms with Crippen molar-refractivity contribution in [1.82, 2.24) is 0 Å². The summed E-state index contributed by atoms with van der Waals surface area (Å²) in [5.74, 6) is -0.969. The number of nitrogens with one attached hydrogen (secondary N) is 1. The van der Waals surface area contributed by atoms with E-state index in [2.05, 4.69) is 9.62 Å². The van der Waals surface area contributed by atoms with Crippen LogP contribution in [0.5, 0.6) is 11.5 Å². The number of carboxylic acid groups (broad SMARTS) is 1. The Morgan fingerprint density at radius 3 is 2.39 bits per heavy atom. The first-order chi connectivity index (χ1) is 14.8. The molecule has 2 N–H and O–H groups in total. The van der Waals surface area contributed by atoms with E-state index in [4.69, 9.17) is 19.3 Å². The molecule has 2 aromatic rings. The van der Waals surface area contributed by atoms with Crippen molar-refractivity contribution >= 4 is 33.4 Å². The lowest BCUT2D eigenvalue weighted by molar-refractivity contribution is -0.131. The number of rotatable bonds is 8. The lowest BCUT2D eigenvalue weighted by atomic mass is 10.2. The molecule has 0 saturated carbocycles. The molecule has 1 fully saturated rings. The van der Waals surface area contributed by atoms with Crippen LogP contribution in [0.4, 0.5) is 11.4 Å². The van der Waals surface area contributed by atoms with E-state index >= 15 is 0 Å². The van der Waals surface area contributed by atoms with Gasteiger partial charge in [-0.3, -0.25) is 4.72 Å². The fraction of sp³-hybridized carbons (Fsp3) is 0.286. The van der Waals surface area contributed by atoms with E-state index in [1.54, 1.807) is 12.1 Å². The summed E-state index contributed by atoms with van der Waals surface area (Å²) < 4.78 is 44.6. The number of benzene rings is 2. The van der Waals surface area contributed by atoms with Crippen molar-refractivity contribution < 1.29 is 32.5 Å². The highest BCUT2D eigenvalue weighted by molar-refractivity contribution is 7.92. The van der Waals surface area contributed by atoms with Gasteiger partial charge in [-0.1, -0.05) is 0 Å². The topological polar surface area (TPSA) is 114 Å². The SMILES string of the molecule is COc1cc(/C=C/C(=O)O)cc(S(=O)(=O)Nc2ccc(N3CCOCC3)cc2)c1OC. The second kappa shape index (κ2) is 9.71. The highest BCUT2D eigenvalue weighted by Gasteiger charge is 2.24. The molecule has 1 aliphatic rings. The van der Waals surface area contributed by atoms with Crippen molar-refractivity contribution in [1.29, 1.82) is 0 Å². The summed E-state index contributed by atoms with van der Waals surface area (Å²) in [7, 11) is -1.35. The predicted molar refractivity (Wildman–Crippen MR) is 116 cm³/mol. The van der Waals surface area contributed by atoms with Gasteiger partial charge >= 0.3 is 5.97 Å². The summed E-state index contributed by atoms with van der Waals surface area (Å²) in [4.78, 5) is 12.8. The van der Waals surface area contributed by atoms with Crippen molar-refractivity contribution in [3.8, 4) is 11.5 Å². The van der Waals surface area contributed by atoms with Gasteiger partial charge in [-0.15, -0.1) is 0 Å². The highest BCUT2D eigenvalue weighted by atomic mass is 32.2. The van der Waals surface area contributed by atoms with Crippen LogP contribution in [0.25, 0.3) is 6.08 Å². The summed E-state index contributed by atoms with van der Waals surface area (Å²) in [5.41, 5.74) is 1.69. The molecule has 0 atom stereocenters. The average Bonchev–Trinajstić information content (AvgIpc) is 2.77. The van der Waals surface area contributed by atoms with E-state index in [0.717, 1.165) is 24.9 Å². The lowest BCUT2D eigenvalue weighted by Gasteiger charge is -2.28. The molecule has 166 valence electrons.